The van der Waals surface area contributed by atoms with Gasteiger partial charge in [-0.3, -0.25) is 10.1 Å². The van der Waals surface area contributed by atoms with Crippen LogP contribution in [0.4, 0.5) is 15.8 Å². The van der Waals surface area contributed by atoms with Crippen LogP contribution in [-0.4, -0.2) is 24.7 Å². The van der Waals surface area contributed by atoms with Crippen molar-refractivity contribution in [3.63, 3.8) is 0 Å². The number of nitrogens with one attached hydrogen (secondary N) is 1. The summed E-state index contributed by atoms with van der Waals surface area (Å²) in [4.78, 5) is 10.5. The number of halogens is 1. The van der Waals surface area contributed by atoms with Gasteiger partial charge in [0.15, 0.2) is 0 Å². The SMILES string of the molecule is COc1cc(F)c([N+](=O)[O-])c(NC2CCOC(c3ccccc3)C2)c1. The Bertz CT molecular complexity index is 754. The minimum atomic E-state index is -0.918. The van der Waals surface area contributed by atoms with Crippen LogP contribution in [0.1, 0.15) is 24.5 Å². The lowest BCUT2D eigenvalue weighted by molar-refractivity contribution is -0.386. The highest BCUT2D eigenvalue weighted by molar-refractivity contribution is 5.65. The second kappa shape index (κ2) is 7.48. The molecule has 6 nitrogen and oxygen atoms in total. The molecule has 2 aromatic carbocycles. The van der Waals surface area contributed by atoms with E-state index in [0.29, 0.717) is 19.4 Å². The highest BCUT2D eigenvalue weighted by Crippen LogP contribution is 2.35. The van der Waals surface area contributed by atoms with Gasteiger partial charge in [-0.2, -0.15) is 4.39 Å². The minimum Gasteiger partial charge on any atom is -0.497 e. The number of anilines is 1. The lowest BCUT2D eigenvalue weighted by Crippen LogP contribution is -2.30. The molecule has 25 heavy (non-hydrogen) atoms. The van der Waals surface area contributed by atoms with Crippen LogP contribution in [0.15, 0.2) is 42.5 Å². The van der Waals surface area contributed by atoms with E-state index in [4.69, 9.17) is 9.47 Å². The zero-order valence-corrected chi connectivity index (χ0v) is 13.8. The molecule has 0 aliphatic carbocycles. The third-order valence-corrected chi connectivity index (χ3v) is 4.27. The fourth-order valence-electron chi connectivity index (χ4n) is 3.04. The van der Waals surface area contributed by atoms with Crippen LogP contribution in [0.2, 0.25) is 0 Å². The minimum absolute atomic E-state index is 0.0656. The Kier molecular flexibility index (Phi) is 5.14. The molecule has 0 spiro atoms. The molecule has 2 atom stereocenters. The first-order valence-electron chi connectivity index (χ1n) is 8.03. The van der Waals surface area contributed by atoms with Gasteiger partial charge in [0.05, 0.1) is 18.1 Å². The number of rotatable bonds is 5. The second-order valence-corrected chi connectivity index (χ2v) is 5.90. The van der Waals surface area contributed by atoms with Gasteiger partial charge in [-0.25, -0.2) is 0 Å². The van der Waals surface area contributed by atoms with Crippen molar-refractivity contribution in [2.24, 2.45) is 0 Å². The van der Waals surface area contributed by atoms with Crippen molar-refractivity contribution in [2.75, 3.05) is 19.0 Å². The van der Waals surface area contributed by atoms with Crippen LogP contribution in [0.5, 0.6) is 5.75 Å². The molecule has 1 saturated heterocycles. The molecule has 0 bridgehead atoms. The molecule has 1 fully saturated rings. The van der Waals surface area contributed by atoms with Gasteiger partial charge in [-0.15, -0.1) is 0 Å². The van der Waals surface area contributed by atoms with E-state index in [1.54, 1.807) is 0 Å². The summed E-state index contributed by atoms with van der Waals surface area (Å²) in [5.74, 6) is -0.684. The van der Waals surface area contributed by atoms with Crippen LogP contribution in [0.25, 0.3) is 0 Å². The van der Waals surface area contributed by atoms with Crippen molar-refractivity contribution < 1.29 is 18.8 Å². The molecule has 3 rings (SSSR count). The third-order valence-electron chi connectivity index (χ3n) is 4.27. The van der Waals surface area contributed by atoms with Gasteiger partial charge < -0.3 is 14.8 Å². The average molecular weight is 346 g/mol. The summed E-state index contributed by atoms with van der Waals surface area (Å²) in [7, 11) is 1.39. The topological polar surface area (TPSA) is 73.6 Å². The fraction of sp³-hybridized carbons (Fsp3) is 0.333. The molecule has 1 aliphatic rings. The first kappa shape index (κ1) is 17.2. The lowest BCUT2D eigenvalue weighted by atomic mass is 9.97. The molecule has 0 amide bonds. The van der Waals surface area contributed by atoms with Crippen molar-refractivity contribution in [1.29, 1.82) is 0 Å². The average Bonchev–Trinajstić information content (AvgIpc) is 2.62. The van der Waals surface area contributed by atoms with Crippen molar-refractivity contribution in [3.05, 3.63) is 64.0 Å². The number of hydrogen-bond acceptors (Lipinski definition) is 5. The van der Waals surface area contributed by atoms with Crippen LogP contribution in [0.3, 0.4) is 0 Å². The van der Waals surface area contributed by atoms with Crippen molar-refractivity contribution in [3.8, 4) is 5.75 Å². The Labute approximate surface area is 144 Å². The van der Waals surface area contributed by atoms with Gasteiger partial charge in [0, 0.05) is 24.8 Å². The van der Waals surface area contributed by atoms with Crippen LogP contribution < -0.4 is 10.1 Å². The Morgan fingerprint density at radius 3 is 2.76 bits per heavy atom. The molecule has 0 saturated carbocycles. The predicted octanol–water partition coefficient (Wildman–Crippen LogP) is 4.07. The van der Waals surface area contributed by atoms with Crippen molar-refractivity contribution >= 4 is 11.4 Å². The molecule has 2 unspecified atom stereocenters. The molecule has 7 heteroatoms. The van der Waals surface area contributed by atoms with Crippen molar-refractivity contribution in [1.82, 2.24) is 0 Å². The highest BCUT2D eigenvalue weighted by Gasteiger charge is 2.28. The highest BCUT2D eigenvalue weighted by atomic mass is 19.1. The number of nitro benzene ring substituents is 1. The number of benzene rings is 2. The Balaban J connectivity index is 1.82. The summed E-state index contributed by atoms with van der Waals surface area (Å²) >= 11 is 0. The van der Waals surface area contributed by atoms with E-state index in [1.165, 1.54) is 13.2 Å². The first-order valence-corrected chi connectivity index (χ1v) is 8.03. The van der Waals surface area contributed by atoms with E-state index < -0.39 is 16.4 Å². The van der Waals surface area contributed by atoms with Crippen LogP contribution in [-0.2, 0) is 4.74 Å². The standard InChI is InChI=1S/C18H19FN2O4/c1-24-14-10-15(19)18(21(22)23)16(11-14)20-13-7-8-25-17(9-13)12-5-3-2-4-6-12/h2-6,10-11,13,17,20H,7-9H2,1H3. The van der Waals surface area contributed by atoms with Gasteiger partial charge >= 0.3 is 5.69 Å². The molecule has 1 aliphatic heterocycles. The summed E-state index contributed by atoms with van der Waals surface area (Å²) < 4.78 is 24.9. The first-order chi connectivity index (χ1) is 12.1. The van der Waals surface area contributed by atoms with Crippen LogP contribution >= 0.6 is 0 Å². The number of methoxy groups -OCH3 is 1. The van der Waals surface area contributed by atoms with E-state index in [0.717, 1.165) is 11.6 Å². The third kappa shape index (κ3) is 3.88. The smallest absolute Gasteiger partial charge is 0.327 e. The number of ether oxygens (including phenoxy) is 2. The summed E-state index contributed by atoms with van der Waals surface area (Å²) in [6.45, 7) is 0.525. The molecule has 132 valence electrons. The van der Waals surface area contributed by atoms with Gasteiger partial charge in [0.25, 0.3) is 0 Å². The quantitative estimate of drug-likeness (QED) is 0.652. The molecule has 2 aromatic rings. The van der Waals surface area contributed by atoms with Gasteiger partial charge in [-0.1, -0.05) is 30.3 Å². The maximum absolute atomic E-state index is 14.1. The Morgan fingerprint density at radius 2 is 2.08 bits per heavy atom. The fourth-order valence-corrected chi connectivity index (χ4v) is 3.04. The largest absolute Gasteiger partial charge is 0.497 e. The maximum atomic E-state index is 14.1. The molecule has 0 radical (unpaired) electrons. The lowest BCUT2D eigenvalue weighted by Gasteiger charge is -2.31. The van der Waals surface area contributed by atoms with Gasteiger partial charge in [-0.05, 0) is 18.4 Å². The predicted molar refractivity (Wildman–Crippen MR) is 91.4 cm³/mol. The monoisotopic (exact) mass is 346 g/mol. The molecular weight excluding hydrogens is 327 g/mol. The Morgan fingerprint density at radius 1 is 1.32 bits per heavy atom. The molecular formula is C18H19FN2O4. The summed E-state index contributed by atoms with van der Waals surface area (Å²) in [6, 6.07) is 12.2. The summed E-state index contributed by atoms with van der Waals surface area (Å²) in [5.41, 5.74) is 0.615. The summed E-state index contributed by atoms with van der Waals surface area (Å²) in [5, 5.41) is 14.3. The number of hydrogen-bond donors (Lipinski definition) is 1. The van der Waals surface area contributed by atoms with Gasteiger partial charge in [0.2, 0.25) is 5.82 Å². The van der Waals surface area contributed by atoms with E-state index in [1.807, 2.05) is 30.3 Å². The molecule has 1 N–H and O–H groups in total. The second-order valence-electron chi connectivity index (χ2n) is 5.90. The Hall–Kier alpha value is -2.67. The van der Waals surface area contributed by atoms with E-state index in [2.05, 4.69) is 5.32 Å². The molecule has 0 aromatic heterocycles. The zero-order valence-electron chi connectivity index (χ0n) is 13.8. The maximum Gasteiger partial charge on any atom is 0.327 e. The van der Waals surface area contributed by atoms with Crippen LogP contribution in [0, 0.1) is 15.9 Å². The number of nitrogens with zero attached hydrogens (tertiary/aromatic N) is 1. The van der Waals surface area contributed by atoms with E-state index >= 15 is 0 Å². The van der Waals surface area contributed by atoms with Crippen molar-refractivity contribution in [2.45, 2.75) is 25.0 Å². The number of nitro groups is 1. The normalized spacial score (nSPS) is 20.1. The van der Waals surface area contributed by atoms with Gasteiger partial charge in [0.1, 0.15) is 11.4 Å². The zero-order chi connectivity index (χ0) is 17.8. The van der Waals surface area contributed by atoms with E-state index in [9.17, 15) is 14.5 Å². The molecule has 1 heterocycles. The van der Waals surface area contributed by atoms with E-state index in [-0.39, 0.29) is 23.6 Å². The summed E-state index contributed by atoms with van der Waals surface area (Å²) in [6.07, 6.45) is 1.22.